The zero-order chi connectivity index (χ0) is 13.3. The van der Waals surface area contributed by atoms with Crippen molar-refractivity contribution in [3.05, 3.63) is 0 Å². The summed E-state index contributed by atoms with van der Waals surface area (Å²) in [6.45, 7) is 2.46. The van der Waals surface area contributed by atoms with Crippen LogP contribution in [0.2, 0.25) is 0 Å². The van der Waals surface area contributed by atoms with Gasteiger partial charge in [-0.15, -0.1) is 0 Å². The second-order valence-electron chi connectivity index (χ2n) is 3.72. The lowest BCUT2D eigenvalue weighted by molar-refractivity contribution is -0.147. The summed E-state index contributed by atoms with van der Waals surface area (Å²) in [6.07, 6.45) is 3.38. The number of nitrogens with zero attached hydrogens (tertiary/aromatic N) is 1. The molecule has 0 aliphatic carbocycles. The van der Waals surface area contributed by atoms with Crippen LogP contribution in [-0.2, 0) is 14.3 Å². The number of nitrogens with two attached hydrogens (primary N) is 1. The molecule has 0 fully saturated rings. The first kappa shape index (κ1) is 16.2. The zero-order valence-corrected chi connectivity index (χ0v) is 11.6. The number of hydrogen-bond donors (Lipinski definition) is 1. The maximum atomic E-state index is 12.0. The highest BCUT2D eigenvalue weighted by molar-refractivity contribution is 7.98. The normalized spacial score (nSPS) is 12.0. The number of amides is 1. The van der Waals surface area contributed by atoms with Crippen LogP contribution in [0.3, 0.4) is 0 Å². The molecule has 0 aromatic heterocycles. The van der Waals surface area contributed by atoms with Crippen molar-refractivity contribution in [1.82, 2.24) is 4.90 Å². The SMILES string of the molecule is CCCN(CC(=O)OC)C(=O)[C@H](N)CCSC. The smallest absolute Gasteiger partial charge is 0.325 e. The molecule has 1 amide bonds. The van der Waals surface area contributed by atoms with E-state index in [-0.39, 0.29) is 12.5 Å². The van der Waals surface area contributed by atoms with Crippen molar-refractivity contribution in [2.45, 2.75) is 25.8 Å². The Balaban J connectivity index is 4.36. The maximum Gasteiger partial charge on any atom is 0.325 e. The van der Waals surface area contributed by atoms with Gasteiger partial charge in [0.1, 0.15) is 6.54 Å². The number of thioether (sulfide) groups is 1. The van der Waals surface area contributed by atoms with Crippen molar-refractivity contribution in [1.29, 1.82) is 0 Å². The number of hydrogen-bond acceptors (Lipinski definition) is 5. The van der Waals surface area contributed by atoms with Crippen molar-refractivity contribution < 1.29 is 14.3 Å². The second kappa shape index (κ2) is 9.30. The van der Waals surface area contributed by atoms with Crippen LogP contribution in [0.25, 0.3) is 0 Å². The Morgan fingerprint density at radius 1 is 1.47 bits per heavy atom. The fourth-order valence-electron chi connectivity index (χ4n) is 1.36. The Hall–Kier alpha value is -0.750. The summed E-state index contributed by atoms with van der Waals surface area (Å²) in [6, 6.07) is -0.529. The molecule has 0 radical (unpaired) electrons. The summed E-state index contributed by atoms with van der Waals surface area (Å²) in [7, 11) is 1.31. The fraction of sp³-hybridized carbons (Fsp3) is 0.818. The summed E-state index contributed by atoms with van der Waals surface area (Å²) in [5.74, 6) is 0.251. The fourth-order valence-corrected chi connectivity index (χ4v) is 1.85. The molecule has 1 atom stereocenters. The third kappa shape index (κ3) is 6.53. The number of methoxy groups -OCH3 is 1. The lowest BCUT2D eigenvalue weighted by Crippen LogP contribution is -2.46. The number of carbonyl (C=O) groups excluding carboxylic acids is 2. The van der Waals surface area contributed by atoms with E-state index in [2.05, 4.69) is 4.74 Å². The van der Waals surface area contributed by atoms with E-state index in [9.17, 15) is 9.59 Å². The van der Waals surface area contributed by atoms with Gasteiger partial charge >= 0.3 is 5.97 Å². The lowest BCUT2D eigenvalue weighted by atomic mass is 10.2. The Morgan fingerprint density at radius 2 is 2.12 bits per heavy atom. The van der Waals surface area contributed by atoms with Gasteiger partial charge in [0.2, 0.25) is 5.91 Å². The number of esters is 1. The summed E-state index contributed by atoms with van der Waals surface area (Å²) in [5, 5.41) is 0. The van der Waals surface area contributed by atoms with E-state index in [1.54, 1.807) is 11.8 Å². The van der Waals surface area contributed by atoms with E-state index in [0.717, 1.165) is 12.2 Å². The van der Waals surface area contributed by atoms with Crippen LogP contribution in [0.5, 0.6) is 0 Å². The molecule has 0 aromatic rings. The molecule has 0 bridgehead atoms. The molecule has 5 nitrogen and oxygen atoms in total. The summed E-state index contributed by atoms with van der Waals surface area (Å²) >= 11 is 1.65. The van der Waals surface area contributed by atoms with Crippen molar-refractivity contribution in [3.8, 4) is 0 Å². The van der Waals surface area contributed by atoms with E-state index in [0.29, 0.717) is 13.0 Å². The third-order valence-electron chi connectivity index (χ3n) is 2.30. The summed E-state index contributed by atoms with van der Waals surface area (Å²) in [5.41, 5.74) is 5.79. The molecule has 0 rings (SSSR count). The van der Waals surface area contributed by atoms with Crippen LogP contribution in [0.4, 0.5) is 0 Å². The van der Waals surface area contributed by atoms with Gasteiger partial charge in [0.25, 0.3) is 0 Å². The molecule has 0 aliphatic heterocycles. The summed E-state index contributed by atoms with van der Waals surface area (Å²) in [4.78, 5) is 24.6. The van der Waals surface area contributed by atoms with Crippen molar-refractivity contribution in [2.24, 2.45) is 5.73 Å². The molecule has 2 N–H and O–H groups in total. The highest BCUT2D eigenvalue weighted by Crippen LogP contribution is 2.03. The first-order valence-electron chi connectivity index (χ1n) is 5.66. The Labute approximate surface area is 107 Å². The van der Waals surface area contributed by atoms with E-state index < -0.39 is 12.0 Å². The van der Waals surface area contributed by atoms with Gasteiger partial charge in [-0.1, -0.05) is 6.92 Å². The first-order valence-corrected chi connectivity index (χ1v) is 7.06. The van der Waals surface area contributed by atoms with Crippen LogP contribution >= 0.6 is 11.8 Å². The minimum atomic E-state index is -0.529. The Morgan fingerprint density at radius 3 is 2.59 bits per heavy atom. The van der Waals surface area contributed by atoms with Gasteiger partial charge < -0.3 is 15.4 Å². The second-order valence-corrected chi connectivity index (χ2v) is 4.71. The monoisotopic (exact) mass is 262 g/mol. The largest absolute Gasteiger partial charge is 0.468 e. The van der Waals surface area contributed by atoms with Crippen LogP contribution < -0.4 is 5.73 Å². The Kier molecular flexibility index (Phi) is 8.89. The standard InChI is InChI=1S/C11H22N2O3S/c1-4-6-13(8-10(14)16-2)11(15)9(12)5-7-17-3/h9H,4-8,12H2,1-3H3/t9-/m1/s1. The quantitative estimate of drug-likeness (QED) is 0.644. The molecule has 0 aromatic carbocycles. The van der Waals surface area contributed by atoms with E-state index in [4.69, 9.17) is 5.73 Å². The molecular weight excluding hydrogens is 240 g/mol. The zero-order valence-electron chi connectivity index (χ0n) is 10.8. The van der Waals surface area contributed by atoms with Crippen molar-refractivity contribution in [3.63, 3.8) is 0 Å². The van der Waals surface area contributed by atoms with Crippen LogP contribution in [-0.4, -0.2) is 55.0 Å². The maximum absolute atomic E-state index is 12.0. The van der Waals surface area contributed by atoms with Gasteiger partial charge in [0.05, 0.1) is 13.2 Å². The first-order chi connectivity index (χ1) is 8.06. The number of rotatable bonds is 8. The minimum Gasteiger partial charge on any atom is -0.468 e. The van der Waals surface area contributed by atoms with Gasteiger partial charge in [-0.05, 0) is 24.9 Å². The minimum absolute atomic E-state index is 0.0177. The topological polar surface area (TPSA) is 72.6 Å². The van der Waals surface area contributed by atoms with Gasteiger partial charge in [-0.2, -0.15) is 11.8 Å². The van der Waals surface area contributed by atoms with Gasteiger partial charge in [0, 0.05) is 6.54 Å². The number of ether oxygens (including phenoxy) is 1. The van der Waals surface area contributed by atoms with Crippen LogP contribution in [0.15, 0.2) is 0 Å². The van der Waals surface area contributed by atoms with Gasteiger partial charge in [-0.3, -0.25) is 9.59 Å². The average Bonchev–Trinajstić information content (AvgIpc) is 2.34. The molecule has 0 unspecified atom stereocenters. The van der Waals surface area contributed by atoms with Gasteiger partial charge in [0.15, 0.2) is 0 Å². The molecule has 0 aliphatic rings. The van der Waals surface area contributed by atoms with Crippen molar-refractivity contribution >= 4 is 23.6 Å². The summed E-state index contributed by atoms with van der Waals surface area (Å²) < 4.78 is 4.56. The van der Waals surface area contributed by atoms with Crippen molar-refractivity contribution in [2.75, 3.05) is 32.2 Å². The molecule has 6 heteroatoms. The van der Waals surface area contributed by atoms with Crippen LogP contribution in [0.1, 0.15) is 19.8 Å². The molecule has 0 spiro atoms. The third-order valence-corrected chi connectivity index (χ3v) is 2.95. The molecule has 0 saturated heterocycles. The predicted octanol–water partition coefficient (Wildman–Crippen LogP) is 0.478. The highest BCUT2D eigenvalue weighted by atomic mass is 32.2. The van der Waals surface area contributed by atoms with E-state index in [1.807, 2.05) is 13.2 Å². The molecule has 17 heavy (non-hydrogen) atoms. The van der Waals surface area contributed by atoms with Gasteiger partial charge in [-0.25, -0.2) is 0 Å². The molecular formula is C11H22N2O3S. The number of carbonyl (C=O) groups is 2. The van der Waals surface area contributed by atoms with Crippen LogP contribution in [0, 0.1) is 0 Å². The lowest BCUT2D eigenvalue weighted by Gasteiger charge is -2.24. The molecule has 100 valence electrons. The van der Waals surface area contributed by atoms with E-state index in [1.165, 1.54) is 12.0 Å². The molecule has 0 heterocycles. The highest BCUT2D eigenvalue weighted by Gasteiger charge is 2.22. The predicted molar refractivity (Wildman–Crippen MR) is 69.9 cm³/mol. The molecule has 0 saturated carbocycles. The Bertz CT molecular complexity index is 249. The average molecular weight is 262 g/mol. The van der Waals surface area contributed by atoms with E-state index >= 15 is 0 Å².